The quantitative estimate of drug-likeness (QED) is 0.160. The van der Waals surface area contributed by atoms with Crippen molar-refractivity contribution in [2.75, 3.05) is 0 Å². The average molecular weight is 859 g/mol. The fourth-order valence-corrected chi connectivity index (χ4v) is 12.2. The van der Waals surface area contributed by atoms with Gasteiger partial charge in [-0.2, -0.15) is 0 Å². The summed E-state index contributed by atoms with van der Waals surface area (Å²) < 4.78 is 25.6. The third kappa shape index (κ3) is 6.55. The second kappa shape index (κ2) is 15.3. The highest BCUT2D eigenvalue weighted by Crippen LogP contribution is 2.45. The zero-order valence-corrected chi connectivity index (χ0v) is 37.1. The van der Waals surface area contributed by atoms with Gasteiger partial charge in [-0.05, 0) is 162 Å². The van der Waals surface area contributed by atoms with Crippen molar-refractivity contribution in [3.05, 3.63) is 191 Å². The van der Waals surface area contributed by atoms with Gasteiger partial charge in [0.15, 0.2) is 0 Å². The minimum atomic E-state index is 0.517. The molecule has 2 fully saturated rings. The van der Waals surface area contributed by atoms with E-state index in [1.165, 1.54) is 118 Å². The van der Waals surface area contributed by atoms with Gasteiger partial charge >= 0.3 is 0 Å². The average Bonchev–Trinajstić information content (AvgIpc) is 4.12. The molecule has 66 heavy (non-hydrogen) atoms. The first kappa shape index (κ1) is 38.3. The third-order valence-electron chi connectivity index (χ3n) is 15.6. The lowest BCUT2D eigenvalue weighted by atomic mass is 9.75. The van der Waals surface area contributed by atoms with Gasteiger partial charge in [-0.15, -0.1) is 0 Å². The highest BCUT2D eigenvalue weighted by molar-refractivity contribution is 6.16. The summed E-state index contributed by atoms with van der Waals surface area (Å²) in [5.74, 6) is 1.72. The lowest BCUT2D eigenvalue weighted by molar-refractivity contribution is 0.394. The van der Waals surface area contributed by atoms with Gasteiger partial charge in [0.05, 0.1) is 0 Å². The van der Waals surface area contributed by atoms with E-state index in [0.717, 1.165) is 79.1 Å². The summed E-state index contributed by atoms with van der Waals surface area (Å²) in [4.78, 5) is 0. The van der Waals surface area contributed by atoms with Crippen molar-refractivity contribution >= 4 is 87.8 Å². The van der Waals surface area contributed by atoms with Crippen LogP contribution in [0.4, 0.5) is 0 Å². The summed E-state index contributed by atoms with van der Waals surface area (Å²) in [6.45, 7) is 0. The second-order valence-electron chi connectivity index (χ2n) is 19.7. The largest absolute Gasteiger partial charge is 0.456 e. The van der Waals surface area contributed by atoms with E-state index in [2.05, 4.69) is 152 Å². The van der Waals surface area contributed by atoms with Gasteiger partial charge in [0.25, 0.3) is 0 Å². The van der Waals surface area contributed by atoms with E-state index in [-0.39, 0.29) is 0 Å². The Hall–Kier alpha value is -7.04. The zero-order valence-electron chi connectivity index (χ0n) is 37.1. The molecule has 0 N–H and O–H groups in total. The predicted molar refractivity (Wildman–Crippen MR) is 270 cm³/mol. The summed E-state index contributed by atoms with van der Waals surface area (Å²) in [6.07, 6.45) is 13.3. The Balaban J connectivity index is 0.710. The van der Waals surface area contributed by atoms with E-state index in [1.807, 2.05) is 0 Å². The van der Waals surface area contributed by atoms with Crippen LogP contribution in [0.15, 0.2) is 169 Å². The zero-order chi connectivity index (χ0) is 43.3. The molecule has 4 nitrogen and oxygen atoms in total. The smallest absolute Gasteiger partial charge is 0.139 e. The van der Waals surface area contributed by atoms with Crippen LogP contribution in [0.25, 0.3) is 87.8 Å². The van der Waals surface area contributed by atoms with Crippen molar-refractivity contribution in [2.45, 2.75) is 88.4 Å². The maximum atomic E-state index is 6.47. The fraction of sp³-hybridized carbons (Fsp3) is 0.226. The van der Waals surface area contributed by atoms with Crippen LogP contribution >= 0.6 is 0 Å². The molecule has 0 aliphatic heterocycles. The molecule has 2 unspecified atom stereocenters. The summed E-state index contributed by atoms with van der Waals surface area (Å²) in [5.41, 5.74) is 16.8. The highest BCUT2D eigenvalue weighted by Gasteiger charge is 2.26. The van der Waals surface area contributed by atoms with Gasteiger partial charge in [-0.25, -0.2) is 0 Å². The number of hydrogen-bond donors (Lipinski definition) is 0. The molecule has 12 aromatic rings. The molecule has 4 heteroatoms. The Morgan fingerprint density at radius 3 is 1.21 bits per heavy atom. The number of rotatable bonds is 7. The van der Waals surface area contributed by atoms with Crippen LogP contribution in [-0.2, 0) is 12.8 Å². The van der Waals surface area contributed by atoms with Crippen molar-refractivity contribution in [3.63, 3.8) is 0 Å². The first-order valence-electron chi connectivity index (χ1n) is 24.4. The van der Waals surface area contributed by atoms with Gasteiger partial charge in [-0.3, -0.25) is 0 Å². The molecule has 2 atom stereocenters. The maximum Gasteiger partial charge on any atom is 0.139 e. The lowest BCUT2D eigenvalue weighted by Gasteiger charge is -2.30. The molecule has 8 aromatic carbocycles. The summed E-state index contributed by atoms with van der Waals surface area (Å²) in [6, 6.07) is 56.0. The number of furan rings is 4. The van der Waals surface area contributed by atoms with Gasteiger partial charge in [0.2, 0.25) is 0 Å². The van der Waals surface area contributed by atoms with E-state index in [1.54, 1.807) is 0 Å². The molecule has 0 bridgehead atoms. The second-order valence-corrected chi connectivity index (χ2v) is 19.7. The van der Waals surface area contributed by atoms with E-state index in [4.69, 9.17) is 17.7 Å². The molecule has 0 amide bonds. The number of hydrogen-bond acceptors (Lipinski definition) is 4. The van der Waals surface area contributed by atoms with Crippen molar-refractivity contribution in [1.82, 2.24) is 0 Å². The Labute approximate surface area is 382 Å². The summed E-state index contributed by atoms with van der Waals surface area (Å²) >= 11 is 0. The van der Waals surface area contributed by atoms with Crippen LogP contribution in [0.5, 0.6) is 0 Å². The molecule has 2 aliphatic rings. The summed E-state index contributed by atoms with van der Waals surface area (Å²) in [5, 5.41) is 9.38. The Bertz CT molecular complexity index is 3810. The fourth-order valence-electron chi connectivity index (χ4n) is 12.2. The molecule has 0 spiro atoms. The molecular weight excluding hydrogens is 809 g/mol. The van der Waals surface area contributed by atoms with Crippen LogP contribution in [0.2, 0.25) is 0 Å². The maximum absolute atomic E-state index is 6.47. The van der Waals surface area contributed by atoms with Crippen molar-refractivity contribution in [2.24, 2.45) is 0 Å². The monoisotopic (exact) mass is 858 g/mol. The van der Waals surface area contributed by atoms with Gasteiger partial charge in [-0.1, -0.05) is 105 Å². The molecule has 322 valence electrons. The third-order valence-corrected chi connectivity index (χ3v) is 15.6. The Morgan fingerprint density at radius 2 is 0.682 bits per heavy atom. The van der Waals surface area contributed by atoms with Crippen LogP contribution in [0, 0.1) is 0 Å². The molecule has 2 aliphatic carbocycles. The van der Waals surface area contributed by atoms with Crippen molar-refractivity contribution < 1.29 is 17.7 Å². The standard InChI is InChI=1S/C62H50O4/c1-3-8-37(9-4-1)26-39-16-22-55-47(28-39)51-33-52-48-29-40(17-23-56(48)64-60(52)35-59(51)63-55)27-38-14-18-42(19-15-38)43-12-7-13-44(30-43)46-21-25-58-50(32-46)54-34-53-49-31-45(41-10-5-2-6-11-41)20-24-57(49)65-61(53)36-62(54)66-58/h1,3-4,8-9,14-25,28-29,31-36,41,43-44H,2,5-7,10-13,26-27,30H2. The van der Waals surface area contributed by atoms with Crippen LogP contribution in [0.1, 0.15) is 114 Å². The minimum absolute atomic E-state index is 0.517. The van der Waals surface area contributed by atoms with E-state index in [0.29, 0.717) is 17.8 Å². The van der Waals surface area contributed by atoms with Crippen molar-refractivity contribution in [3.8, 4) is 0 Å². The summed E-state index contributed by atoms with van der Waals surface area (Å²) in [7, 11) is 0. The van der Waals surface area contributed by atoms with Crippen LogP contribution in [-0.4, -0.2) is 0 Å². The first-order valence-corrected chi connectivity index (χ1v) is 24.4. The van der Waals surface area contributed by atoms with E-state index >= 15 is 0 Å². The number of benzene rings is 8. The topological polar surface area (TPSA) is 52.6 Å². The van der Waals surface area contributed by atoms with Gasteiger partial charge in [0, 0.05) is 55.2 Å². The van der Waals surface area contributed by atoms with Gasteiger partial charge < -0.3 is 17.7 Å². The van der Waals surface area contributed by atoms with E-state index < -0.39 is 0 Å². The Kier molecular flexibility index (Phi) is 8.85. The SMILES string of the molecule is c1ccc(Cc2ccc3oc4cc5oc6ccc(Cc7ccc(C8CCCC(c9ccc%10oc%11cc%12oc%13ccc(C%14CCCCC%14)cc%13c%12cc%11c%10c9)C8)cc7)cc6c5cc4c3c2)cc1. The molecular formula is C62H50O4. The molecule has 0 radical (unpaired) electrons. The first-order chi connectivity index (χ1) is 32.6. The predicted octanol–water partition coefficient (Wildman–Crippen LogP) is 18.0. The molecule has 4 heterocycles. The highest BCUT2D eigenvalue weighted by atomic mass is 16.3. The normalized spacial score (nSPS) is 17.5. The lowest BCUT2D eigenvalue weighted by Crippen LogP contribution is -2.13. The van der Waals surface area contributed by atoms with Gasteiger partial charge in [0.1, 0.15) is 44.7 Å². The molecule has 0 saturated heterocycles. The van der Waals surface area contributed by atoms with Crippen molar-refractivity contribution in [1.29, 1.82) is 0 Å². The van der Waals surface area contributed by atoms with E-state index in [9.17, 15) is 0 Å². The molecule has 2 saturated carbocycles. The minimum Gasteiger partial charge on any atom is -0.456 e. The Morgan fingerprint density at radius 1 is 0.288 bits per heavy atom. The molecule has 4 aromatic heterocycles. The van der Waals surface area contributed by atoms with Crippen LogP contribution < -0.4 is 0 Å². The molecule has 14 rings (SSSR count). The van der Waals surface area contributed by atoms with Crippen LogP contribution in [0.3, 0.4) is 0 Å². The number of fused-ring (bicyclic) bond motifs is 12.